The van der Waals surface area contributed by atoms with Crippen molar-refractivity contribution >= 4 is 49.9 Å². The highest BCUT2D eigenvalue weighted by Gasteiger charge is 2.28. The van der Waals surface area contributed by atoms with E-state index < -0.39 is 6.09 Å². The van der Waals surface area contributed by atoms with Crippen LogP contribution in [-0.2, 0) is 6.54 Å². The number of halogens is 1. The van der Waals surface area contributed by atoms with Crippen LogP contribution in [0.4, 0.5) is 10.7 Å². The molecule has 1 aromatic carbocycles. The van der Waals surface area contributed by atoms with Gasteiger partial charge in [0.05, 0.1) is 10.9 Å². The normalized spacial score (nSPS) is 14.5. The van der Waals surface area contributed by atoms with Crippen LogP contribution in [0.1, 0.15) is 6.42 Å². The first-order valence-electron chi connectivity index (χ1n) is 6.78. The average Bonchev–Trinajstić information content (AvgIpc) is 2.85. The lowest BCUT2D eigenvalue weighted by atomic mass is 10.2. The van der Waals surface area contributed by atoms with Gasteiger partial charge in [0.1, 0.15) is 0 Å². The van der Waals surface area contributed by atoms with Crippen molar-refractivity contribution in [2.75, 3.05) is 11.4 Å². The number of hydrogen-bond acceptors (Lipinski definition) is 3. The number of pyridine rings is 1. The first-order valence-corrected chi connectivity index (χ1v) is 7.57. The Balaban J connectivity index is 2.12. The number of anilines is 1. The molecule has 0 aliphatic carbocycles. The molecule has 112 valence electrons. The zero-order valence-electron chi connectivity index (χ0n) is 11.4. The number of fused-ring (bicyclic) bond motifs is 5. The maximum Gasteiger partial charge on any atom is 0.414 e. The Morgan fingerprint density at radius 3 is 3.00 bits per heavy atom. The summed E-state index contributed by atoms with van der Waals surface area (Å²) >= 11 is 3.36. The van der Waals surface area contributed by atoms with E-state index in [0.717, 1.165) is 26.5 Å². The van der Waals surface area contributed by atoms with Crippen LogP contribution in [0.5, 0.6) is 0 Å². The molecule has 0 saturated carbocycles. The van der Waals surface area contributed by atoms with Gasteiger partial charge in [0.15, 0.2) is 5.52 Å². The lowest BCUT2D eigenvalue weighted by Crippen LogP contribution is -2.36. The Morgan fingerprint density at radius 1 is 1.41 bits per heavy atom. The van der Waals surface area contributed by atoms with Gasteiger partial charge in [-0.25, -0.2) is 14.7 Å². The number of rotatable bonds is 0. The molecule has 0 saturated heterocycles. The predicted octanol–water partition coefficient (Wildman–Crippen LogP) is 2.47. The third kappa shape index (κ3) is 1.77. The fourth-order valence-corrected chi connectivity index (χ4v) is 3.34. The third-order valence-electron chi connectivity index (χ3n) is 3.90. The molecule has 0 unspecified atom stereocenters. The van der Waals surface area contributed by atoms with Gasteiger partial charge in [-0.3, -0.25) is 0 Å². The molecule has 0 bridgehead atoms. The molecule has 7 nitrogen and oxygen atoms in total. The molecule has 4 rings (SSSR count). The van der Waals surface area contributed by atoms with E-state index in [1.807, 2.05) is 16.7 Å². The van der Waals surface area contributed by atoms with Gasteiger partial charge in [0, 0.05) is 23.6 Å². The van der Waals surface area contributed by atoms with Gasteiger partial charge in [0.25, 0.3) is 0 Å². The standard InChI is InChI=1S/C14H11BrN4O3/c15-8-2-3-9-11(6-8)19(22)7-10-12(9)17-4-1-5-18(14(20)21)13(17)16-10/h2-3,6-7H,1,4-5H2,(H,20,21). The quantitative estimate of drug-likeness (QED) is 0.491. The van der Waals surface area contributed by atoms with Gasteiger partial charge >= 0.3 is 6.09 Å². The van der Waals surface area contributed by atoms with Gasteiger partial charge in [-0.05, 0) is 18.6 Å². The van der Waals surface area contributed by atoms with Crippen LogP contribution < -0.4 is 9.63 Å². The van der Waals surface area contributed by atoms with Crippen molar-refractivity contribution in [3.05, 3.63) is 34.1 Å². The molecule has 1 amide bonds. The molecule has 1 aliphatic rings. The second-order valence-electron chi connectivity index (χ2n) is 5.20. The zero-order chi connectivity index (χ0) is 15.4. The number of nitrogens with zero attached hydrogens (tertiary/aromatic N) is 4. The molecule has 0 fully saturated rings. The van der Waals surface area contributed by atoms with Crippen molar-refractivity contribution in [2.24, 2.45) is 0 Å². The molecule has 1 aliphatic heterocycles. The Kier molecular flexibility index (Phi) is 2.77. The summed E-state index contributed by atoms with van der Waals surface area (Å²) in [6.07, 6.45) is 1.09. The van der Waals surface area contributed by atoms with Crippen LogP contribution in [0.15, 0.2) is 28.9 Å². The summed E-state index contributed by atoms with van der Waals surface area (Å²) in [4.78, 5) is 17.0. The molecular formula is C14H11BrN4O3. The molecule has 8 heteroatoms. The highest BCUT2D eigenvalue weighted by molar-refractivity contribution is 9.10. The minimum atomic E-state index is -1.03. The van der Waals surface area contributed by atoms with Crippen LogP contribution in [0.2, 0.25) is 0 Å². The van der Waals surface area contributed by atoms with Crippen LogP contribution in [-0.4, -0.2) is 27.3 Å². The summed E-state index contributed by atoms with van der Waals surface area (Å²) < 4.78 is 3.46. The molecule has 0 atom stereocenters. The van der Waals surface area contributed by atoms with Crippen molar-refractivity contribution in [3.8, 4) is 0 Å². The summed E-state index contributed by atoms with van der Waals surface area (Å²) in [5.41, 5.74) is 1.83. The summed E-state index contributed by atoms with van der Waals surface area (Å²) in [5.74, 6) is 0.379. The maximum atomic E-state index is 12.2. The van der Waals surface area contributed by atoms with Gasteiger partial charge in [0.2, 0.25) is 17.7 Å². The van der Waals surface area contributed by atoms with Crippen molar-refractivity contribution in [2.45, 2.75) is 13.0 Å². The molecule has 0 spiro atoms. The Labute approximate surface area is 133 Å². The lowest BCUT2D eigenvalue weighted by Gasteiger charge is -2.24. The van der Waals surface area contributed by atoms with E-state index in [-0.39, 0.29) is 0 Å². The smallest absolute Gasteiger partial charge is 0.414 e. The van der Waals surface area contributed by atoms with E-state index in [4.69, 9.17) is 0 Å². The van der Waals surface area contributed by atoms with E-state index in [1.165, 1.54) is 11.1 Å². The fraction of sp³-hybridized carbons (Fsp3) is 0.214. The van der Waals surface area contributed by atoms with Gasteiger partial charge in [-0.2, -0.15) is 4.73 Å². The van der Waals surface area contributed by atoms with E-state index in [1.54, 1.807) is 6.07 Å². The SMILES string of the molecule is O=C(O)N1CCCn2c1nc1c[n+]([O-])c3cc(Br)ccc3c12. The van der Waals surface area contributed by atoms with E-state index in [0.29, 0.717) is 30.1 Å². The van der Waals surface area contributed by atoms with Gasteiger partial charge in [-0.1, -0.05) is 15.9 Å². The predicted molar refractivity (Wildman–Crippen MR) is 83.9 cm³/mol. The molecule has 2 aromatic heterocycles. The average molecular weight is 363 g/mol. The number of hydrogen-bond donors (Lipinski definition) is 1. The first-order chi connectivity index (χ1) is 10.6. The summed E-state index contributed by atoms with van der Waals surface area (Å²) in [7, 11) is 0. The number of aromatic nitrogens is 3. The largest absolute Gasteiger partial charge is 0.618 e. The second kappa shape index (κ2) is 4.57. The fourth-order valence-electron chi connectivity index (χ4n) is 2.99. The first kappa shape index (κ1) is 13.3. The summed E-state index contributed by atoms with van der Waals surface area (Å²) in [6.45, 7) is 1.10. The van der Waals surface area contributed by atoms with Crippen molar-refractivity contribution < 1.29 is 14.6 Å². The molecular weight excluding hydrogens is 352 g/mol. The molecule has 1 N–H and O–H groups in total. The van der Waals surface area contributed by atoms with Crippen molar-refractivity contribution in [1.82, 2.24) is 9.55 Å². The molecule has 22 heavy (non-hydrogen) atoms. The van der Waals surface area contributed by atoms with Crippen LogP contribution in [0.3, 0.4) is 0 Å². The maximum absolute atomic E-state index is 12.2. The molecule has 3 aromatic rings. The highest BCUT2D eigenvalue weighted by Crippen LogP contribution is 2.31. The van der Waals surface area contributed by atoms with Crippen LogP contribution in [0, 0.1) is 5.21 Å². The van der Waals surface area contributed by atoms with Crippen molar-refractivity contribution in [1.29, 1.82) is 0 Å². The lowest BCUT2D eigenvalue weighted by molar-refractivity contribution is -0.575. The second-order valence-corrected chi connectivity index (χ2v) is 6.12. The number of benzene rings is 1. The van der Waals surface area contributed by atoms with Crippen molar-refractivity contribution in [3.63, 3.8) is 0 Å². The summed E-state index contributed by atoms with van der Waals surface area (Å²) in [6, 6.07) is 5.46. The van der Waals surface area contributed by atoms with Crippen LogP contribution >= 0.6 is 15.9 Å². The summed E-state index contributed by atoms with van der Waals surface area (Å²) in [5, 5.41) is 22.3. The van der Waals surface area contributed by atoms with Crippen LogP contribution in [0.25, 0.3) is 21.9 Å². The number of carbonyl (C=O) groups is 1. The minimum Gasteiger partial charge on any atom is -0.618 e. The Morgan fingerprint density at radius 2 is 2.23 bits per heavy atom. The monoisotopic (exact) mass is 362 g/mol. The number of amides is 1. The van der Waals surface area contributed by atoms with Gasteiger partial charge < -0.3 is 14.9 Å². The number of imidazole rings is 1. The number of carboxylic acid groups (broad SMARTS) is 1. The minimum absolute atomic E-state index is 0.379. The Hall–Kier alpha value is -2.35. The molecule has 0 radical (unpaired) electrons. The third-order valence-corrected chi connectivity index (χ3v) is 4.40. The number of aryl methyl sites for hydroxylation is 1. The van der Waals surface area contributed by atoms with Gasteiger partial charge in [-0.15, -0.1) is 0 Å². The topological polar surface area (TPSA) is 85.3 Å². The molecule has 3 heterocycles. The van der Waals surface area contributed by atoms with E-state index in [2.05, 4.69) is 20.9 Å². The Bertz CT molecular complexity index is 937. The van der Waals surface area contributed by atoms with E-state index in [9.17, 15) is 15.1 Å². The zero-order valence-corrected chi connectivity index (χ0v) is 12.9. The van der Waals surface area contributed by atoms with E-state index >= 15 is 0 Å². The highest BCUT2D eigenvalue weighted by atomic mass is 79.9.